The summed E-state index contributed by atoms with van der Waals surface area (Å²) in [4.78, 5) is 27.3. The lowest BCUT2D eigenvalue weighted by Crippen LogP contribution is -2.53. The first kappa shape index (κ1) is 19.4. The molecule has 138 valence electrons. The highest BCUT2D eigenvalue weighted by molar-refractivity contribution is 5.97. The van der Waals surface area contributed by atoms with Gasteiger partial charge in [0.15, 0.2) is 0 Å². The highest BCUT2D eigenvalue weighted by atomic mass is 16.2. The van der Waals surface area contributed by atoms with Gasteiger partial charge in [-0.1, -0.05) is 31.5 Å². The van der Waals surface area contributed by atoms with Gasteiger partial charge in [-0.3, -0.25) is 9.59 Å². The molecule has 0 spiro atoms. The summed E-state index contributed by atoms with van der Waals surface area (Å²) in [6.45, 7) is 8.49. The maximum absolute atomic E-state index is 12.9. The van der Waals surface area contributed by atoms with Gasteiger partial charge in [0.05, 0.1) is 0 Å². The molecule has 0 aromatic heterocycles. The Balaban J connectivity index is 1.99. The lowest BCUT2D eigenvalue weighted by molar-refractivity contribution is -0.135. The molecule has 0 aliphatic carbocycles. The van der Waals surface area contributed by atoms with Crippen LogP contribution in [-0.2, 0) is 4.79 Å². The number of rotatable bonds is 6. The summed E-state index contributed by atoms with van der Waals surface area (Å²) in [7, 11) is 1.97. The number of carbonyl (C=O) groups excluding carboxylic acids is 2. The number of benzene rings is 1. The van der Waals surface area contributed by atoms with Gasteiger partial charge < -0.3 is 15.5 Å². The highest BCUT2D eigenvalue weighted by Gasteiger charge is 2.31. The maximum Gasteiger partial charge on any atom is 0.251 e. The van der Waals surface area contributed by atoms with Crippen LogP contribution in [0.1, 0.15) is 42.6 Å². The summed E-state index contributed by atoms with van der Waals surface area (Å²) in [6, 6.07) is 6.95. The average Bonchev–Trinajstić information content (AvgIpc) is 2.60. The van der Waals surface area contributed by atoms with E-state index in [9.17, 15) is 9.59 Å². The molecule has 2 N–H and O–H groups in total. The molecule has 25 heavy (non-hydrogen) atoms. The quantitative estimate of drug-likeness (QED) is 0.831. The van der Waals surface area contributed by atoms with Crippen LogP contribution in [0, 0.1) is 18.8 Å². The van der Waals surface area contributed by atoms with Gasteiger partial charge >= 0.3 is 0 Å². The molecule has 2 amide bonds. The van der Waals surface area contributed by atoms with Crippen LogP contribution >= 0.6 is 0 Å². The molecule has 1 aromatic carbocycles. The summed E-state index contributed by atoms with van der Waals surface area (Å²) in [5.74, 6) is 0.543. The smallest absolute Gasteiger partial charge is 0.251 e. The molecule has 5 heteroatoms. The number of nitrogens with one attached hydrogen (secondary N) is 2. The van der Waals surface area contributed by atoms with Crippen LogP contribution in [0.4, 0.5) is 0 Å². The van der Waals surface area contributed by atoms with Gasteiger partial charge in [0.1, 0.15) is 6.04 Å². The van der Waals surface area contributed by atoms with Gasteiger partial charge in [-0.05, 0) is 57.3 Å². The molecule has 1 heterocycles. The molecule has 1 aromatic rings. The molecule has 1 aliphatic rings. The highest BCUT2D eigenvalue weighted by Crippen LogP contribution is 2.18. The van der Waals surface area contributed by atoms with E-state index in [1.54, 1.807) is 12.1 Å². The van der Waals surface area contributed by atoms with E-state index in [1.165, 1.54) is 0 Å². The van der Waals surface area contributed by atoms with E-state index in [1.807, 2.05) is 44.9 Å². The summed E-state index contributed by atoms with van der Waals surface area (Å²) in [5, 5.41) is 6.15. The minimum absolute atomic E-state index is 0.0402. The topological polar surface area (TPSA) is 61.4 Å². The summed E-state index contributed by atoms with van der Waals surface area (Å²) < 4.78 is 0. The van der Waals surface area contributed by atoms with Crippen molar-refractivity contribution < 1.29 is 9.59 Å². The van der Waals surface area contributed by atoms with Crippen molar-refractivity contribution in [1.82, 2.24) is 15.5 Å². The van der Waals surface area contributed by atoms with Crippen molar-refractivity contribution in [2.75, 3.05) is 26.7 Å². The molecule has 1 atom stereocenters. The Morgan fingerprint density at radius 3 is 2.28 bits per heavy atom. The van der Waals surface area contributed by atoms with E-state index in [0.29, 0.717) is 11.5 Å². The molecular formula is C20H31N3O2. The molecule has 0 bridgehead atoms. The Labute approximate surface area is 151 Å². The fraction of sp³-hybridized carbons (Fsp3) is 0.600. The van der Waals surface area contributed by atoms with Crippen LogP contribution in [0.25, 0.3) is 0 Å². The van der Waals surface area contributed by atoms with Crippen LogP contribution < -0.4 is 10.6 Å². The first-order valence-electron chi connectivity index (χ1n) is 9.23. The Morgan fingerprint density at radius 2 is 1.76 bits per heavy atom. The number of likely N-dealkylation sites (tertiary alicyclic amines) is 1. The minimum atomic E-state index is -0.477. The van der Waals surface area contributed by atoms with Gasteiger partial charge in [0.25, 0.3) is 5.91 Å². The number of piperidine rings is 1. The second-order valence-electron chi connectivity index (χ2n) is 7.39. The summed E-state index contributed by atoms with van der Waals surface area (Å²) in [5.41, 5.74) is 1.70. The Hall–Kier alpha value is -1.88. The van der Waals surface area contributed by atoms with E-state index in [-0.39, 0.29) is 17.7 Å². The van der Waals surface area contributed by atoms with Crippen molar-refractivity contribution in [2.45, 2.75) is 39.7 Å². The fourth-order valence-corrected chi connectivity index (χ4v) is 3.29. The number of aryl methyl sites for hydroxylation is 1. The summed E-state index contributed by atoms with van der Waals surface area (Å²) in [6.07, 6.45) is 2.03. The fourth-order valence-electron chi connectivity index (χ4n) is 3.29. The lowest BCUT2D eigenvalue weighted by atomic mass is 9.95. The third-order valence-corrected chi connectivity index (χ3v) is 4.95. The molecule has 1 fully saturated rings. The van der Waals surface area contributed by atoms with Crippen molar-refractivity contribution >= 4 is 11.8 Å². The van der Waals surface area contributed by atoms with Crippen molar-refractivity contribution in [1.29, 1.82) is 0 Å². The predicted molar refractivity (Wildman–Crippen MR) is 101 cm³/mol. The Bertz CT molecular complexity index is 575. The minimum Gasteiger partial charge on any atom is -0.341 e. The zero-order chi connectivity index (χ0) is 18.4. The van der Waals surface area contributed by atoms with Crippen LogP contribution in [0.2, 0.25) is 0 Å². The monoisotopic (exact) mass is 345 g/mol. The van der Waals surface area contributed by atoms with Crippen LogP contribution in [0.15, 0.2) is 24.3 Å². The molecule has 1 aliphatic heterocycles. The van der Waals surface area contributed by atoms with Gasteiger partial charge in [0.2, 0.25) is 5.91 Å². The average molecular weight is 345 g/mol. The van der Waals surface area contributed by atoms with Crippen LogP contribution in [0.5, 0.6) is 0 Å². The molecule has 1 saturated heterocycles. The number of hydrogen-bond acceptors (Lipinski definition) is 3. The third-order valence-electron chi connectivity index (χ3n) is 4.95. The van der Waals surface area contributed by atoms with Crippen molar-refractivity contribution in [3.63, 3.8) is 0 Å². The molecule has 5 nitrogen and oxygen atoms in total. The van der Waals surface area contributed by atoms with E-state index in [2.05, 4.69) is 10.6 Å². The van der Waals surface area contributed by atoms with Crippen LogP contribution in [0.3, 0.4) is 0 Å². The predicted octanol–water partition coefficient (Wildman–Crippen LogP) is 2.21. The van der Waals surface area contributed by atoms with Crippen molar-refractivity contribution in [3.8, 4) is 0 Å². The maximum atomic E-state index is 12.9. The van der Waals surface area contributed by atoms with Crippen molar-refractivity contribution in [3.05, 3.63) is 35.4 Å². The van der Waals surface area contributed by atoms with Crippen LogP contribution in [-0.4, -0.2) is 49.4 Å². The first-order chi connectivity index (χ1) is 11.9. The van der Waals surface area contributed by atoms with E-state index < -0.39 is 6.04 Å². The normalized spacial score (nSPS) is 16.8. The van der Waals surface area contributed by atoms with Crippen molar-refractivity contribution in [2.24, 2.45) is 11.8 Å². The molecule has 2 rings (SSSR count). The number of hydrogen-bond donors (Lipinski definition) is 2. The number of carbonyl (C=O) groups is 2. The first-order valence-corrected chi connectivity index (χ1v) is 9.23. The van der Waals surface area contributed by atoms with E-state index >= 15 is 0 Å². The standard InChI is InChI=1S/C20H31N3O2/c1-14(2)18(22-19(24)17-7-5-15(3)6-8-17)20(25)23-11-9-16(10-12-23)13-21-4/h5-8,14,16,18,21H,9-13H2,1-4H3,(H,22,24). The van der Waals surface area contributed by atoms with E-state index in [0.717, 1.165) is 38.0 Å². The van der Waals surface area contributed by atoms with Gasteiger partial charge in [-0.15, -0.1) is 0 Å². The zero-order valence-electron chi connectivity index (χ0n) is 15.8. The zero-order valence-corrected chi connectivity index (χ0v) is 15.8. The lowest BCUT2D eigenvalue weighted by Gasteiger charge is -2.35. The van der Waals surface area contributed by atoms with E-state index in [4.69, 9.17) is 0 Å². The molecule has 1 unspecified atom stereocenters. The number of amides is 2. The summed E-state index contributed by atoms with van der Waals surface area (Å²) >= 11 is 0. The number of nitrogens with zero attached hydrogens (tertiary/aromatic N) is 1. The third kappa shape index (κ3) is 5.30. The molecule has 0 radical (unpaired) electrons. The van der Waals surface area contributed by atoms with Gasteiger partial charge in [-0.2, -0.15) is 0 Å². The molecule has 0 saturated carbocycles. The van der Waals surface area contributed by atoms with Gasteiger partial charge in [-0.25, -0.2) is 0 Å². The Kier molecular flexibility index (Phi) is 7.00. The van der Waals surface area contributed by atoms with Gasteiger partial charge in [0, 0.05) is 18.7 Å². The SMILES string of the molecule is CNCC1CCN(C(=O)C(NC(=O)c2ccc(C)cc2)C(C)C)CC1. The largest absolute Gasteiger partial charge is 0.341 e. The second kappa shape index (κ2) is 8.99. The molecular weight excluding hydrogens is 314 g/mol. The Morgan fingerprint density at radius 1 is 1.16 bits per heavy atom. The second-order valence-corrected chi connectivity index (χ2v) is 7.39.